The van der Waals surface area contributed by atoms with Crippen molar-refractivity contribution in [2.45, 2.75) is 0 Å². The van der Waals surface area contributed by atoms with E-state index in [0.29, 0.717) is 10.5 Å². The average molecular weight is 209 g/mol. The second kappa shape index (κ2) is 4.53. The van der Waals surface area contributed by atoms with Gasteiger partial charge in [0, 0.05) is 14.1 Å². The summed E-state index contributed by atoms with van der Waals surface area (Å²) in [5.74, 6) is 0. The number of hydrogen-bond donors (Lipinski definition) is 1. The maximum absolute atomic E-state index is 8.90. The highest BCUT2D eigenvalue weighted by molar-refractivity contribution is 6.53. The van der Waals surface area contributed by atoms with Crippen molar-refractivity contribution in [3.8, 4) is 0 Å². The molecule has 0 aliphatic rings. The van der Waals surface area contributed by atoms with Gasteiger partial charge in [-0.2, -0.15) is 0 Å². The van der Waals surface area contributed by atoms with Crippen LogP contribution in [0.1, 0.15) is 5.56 Å². The fraction of sp³-hybridized carbons (Fsp3) is 0.200. The van der Waals surface area contributed by atoms with Crippen LogP contribution in [0.2, 0.25) is 5.02 Å². The van der Waals surface area contributed by atoms with Crippen LogP contribution in [0.3, 0.4) is 0 Å². The highest BCUT2D eigenvalue weighted by Crippen LogP contribution is 2.27. The van der Waals surface area contributed by atoms with Gasteiger partial charge in [0.15, 0.2) is 0 Å². The quantitative estimate of drug-likeness (QED) is 0.767. The van der Waals surface area contributed by atoms with Crippen LogP contribution >= 0.6 is 11.6 Å². The Morgan fingerprint density at radius 2 is 2.14 bits per heavy atom. The number of halogens is 1. The summed E-state index contributed by atoms with van der Waals surface area (Å²) >= 11 is 6.06. The van der Waals surface area contributed by atoms with Gasteiger partial charge >= 0.3 is 7.48 Å². The van der Waals surface area contributed by atoms with Crippen LogP contribution in [0, 0.1) is 0 Å². The molecule has 0 amide bonds. The smallest absolute Gasteiger partial charge is 0.304 e. The van der Waals surface area contributed by atoms with E-state index in [4.69, 9.17) is 16.6 Å². The second-order valence-electron chi connectivity index (χ2n) is 3.32. The first-order valence-corrected chi connectivity index (χ1v) is 4.70. The fourth-order valence-electron chi connectivity index (χ4n) is 1.18. The number of hydrogen-bond acceptors (Lipinski definition) is 2. The molecule has 0 aliphatic carbocycles. The zero-order valence-corrected chi connectivity index (χ0v) is 9.17. The Kier molecular flexibility index (Phi) is 3.61. The van der Waals surface area contributed by atoms with E-state index < -0.39 is 0 Å². The van der Waals surface area contributed by atoms with Crippen LogP contribution in [0.5, 0.6) is 0 Å². The van der Waals surface area contributed by atoms with Crippen molar-refractivity contribution >= 4 is 30.2 Å². The Hall–Kier alpha value is -0.925. The molecule has 1 aromatic carbocycles. The van der Waals surface area contributed by atoms with Crippen LogP contribution in [0.4, 0.5) is 5.69 Å². The van der Waals surface area contributed by atoms with Gasteiger partial charge < -0.3 is 9.92 Å². The fourth-order valence-corrected chi connectivity index (χ4v) is 1.53. The molecule has 0 aromatic heterocycles. The normalized spacial score (nSPS) is 9.71. The molecule has 0 radical (unpaired) electrons. The molecule has 4 heteroatoms. The van der Waals surface area contributed by atoms with E-state index in [1.165, 1.54) is 0 Å². The third-order valence-electron chi connectivity index (χ3n) is 2.03. The van der Waals surface area contributed by atoms with Gasteiger partial charge in [0.25, 0.3) is 0 Å². The van der Waals surface area contributed by atoms with Crippen LogP contribution in [0.25, 0.3) is 5.47 Å². The van der Waals surface area contributed by atoms with Gasteiger partial charge in [0.1, 0.15) is 0 Å². The molecule has 0 unspecified atom stereocenters. The number of anilines is 1. The summed E-state index contributed by atoms with van der Waals surface area (Å²) in [7, 11) is 3.82. The Morgan fingerprint density at radius 3 is 2.57 bits per heavy atom. The molecule has 0 aliphatic heterocycles. The molecule has 2 nitrogen and oxygen atoms in total. The summed E-state index contributed by atoms with van der Waals surface area (Å²) in [6.07, 6.45) is 0. The predicted octanol–water partition coefficient (Wildman–Crippen LogP) is 1.72. The topological polar surface area (TPSA) is 23.5 Å². The Bertz CT molecular complexity index is 352. The Morgan fingerprint density at radius 1 is 1.50 bits per heavy atom. The summed E-state index contributed by atoms with van der Waals surface area (Å²) in [4.78, 5) is 1.94. The SMILES string of the molecule is C=C(BO)c1ccc(N(C)C)c(Cl)c1. The van der Waals surface area contributed by atoms with Crippen molar-refractivity contribution in [3.63, 3.8) is 0 Å². The number of benzene rings is 1. The van der Waals surface area contributed by atoms with Crippen LogP contribution < -0.4 is 4.90 Å². The van der Waals surface area contributed by atoms with Crippen LogP contribution in [-0.2, 0) is 0 Å². The molecule has 14 heavy (non-hydrogen) atoms. The molecule has 1 N–H and O–H groups in total. The molecular formula is C10H13BClNO. The van der Waals surface area contributed by atoms with E-state index in [1.54, 1.807) is 0 Å². The van der Waals surface area contributed by atoms with Crippen molar-refractivity contribution in [2.24, 2.45) is 0 Å². The third kappa shape index (κ3) is 2.31. The van der Waals surface area contributed by atoms with Gasteiger partial charge in [0.2, 0.25) is 0 Å². The molecule has 1 rings (SSSR count). The summed E-state index contributed by atoms with van der Waals surface area (Å²) < 4.78 is 0. The molecule has 74 valence electrons. The molecular weight excluding hydrogens is 196 g/mol. The van der Waals surface area contributed by atoms with Crippen molar-refractivity contribution in [1.82, 2.24) is 0 Å². The number of nitrogens with zero attached hydrogens (tertiary/aromatic N) is 1. The lowest BCUT2D eigenvalue weighted by Gasteiger charge is -2.15. The van der Waals surface area contributed by atoms with E-state index in [0.717, 1.165) is 11.3 Å². The molecule has 0 heterocycles. The van der Waals surface area contributed by atoms with Crippen molar-refractivity contribution in [3.05, 3.63) is 35.4 Å². The lowest BCUT2D eigenvalue weighted by atomic mass is 9.84. The number of rotatable bonds is 3. The molecule has 0 fully saturated rings. The minimum Gasteiger partial charge on any atom is -0.449 e. The maximum Gasteiger partial charge on any atom is 0.304 e. The first-order valence-electron chi connectivity index (χ1n) is 4.32. The molecule has 0 saturated heterocycles. The lowest BCUT2D eigenvalue weighted by Crippen LogP contribution is -2.09. The van der Waals surface area contributed by atoms with Gasteiger partial charge in [-0.3, -0.25) is 0 Å². The van der Waals surface area contributed by atoms with Crippen molar-refractivity contribution in [2.75, 3.05) is 19.0 Å². The minimum atomic E-state index is -0.0440. The summed E-state index contributed by atoms with van der Waals surface area (Å²) in [6.45, 7) is 3.74. The van der Waals surface area contributed by atoms with Gasteiger partial charge in [0.05, 0.1) is 10.7 Å². The van der Waals surface area contributed by atoms with Crippen LogP contribution in [0.15, 0.2) is 24.8 Å². The first kappa shape index (κ1) is 11.2. The van der Waals surface area contributed by atoms with E-state index in [1.807, 2.05) is 37.2 Å². The van der Waals surface area contributed by atoms with E-state index in [2.05, 4.69) is 6.58 Å². The Labute approximate surface area is 90.1 Å². The monoisotopic (exact) mass is 209 g/mol. The predicted molar refractivity (Wildman–Crippen MR) is 64.2 cm³/mol. The first-order chi connectivity index (χ1) is 6.56. The van der Waals surface area contributed by atoms with Crippen molar-refractivity contribution in [1.29, 1.82) is 0 Å². The van der Waals surface area contributed by atoms with Gasteiger partial charge in [-0.05, 0) is 17.7 Å². The summed E-state index contributed by atoms with van der Waals surface area (Å²) in [5, 5.41) is 9.57. The largest absolute Gasteiger partial charge is 0.449 e. The molecule has 0 bridgehead atoms. The van der Waals surface area contributed by atoms with E-state index >= 15 is 0 Å². The highest BCUT2D eigenvalue weighted by atomic mass is 35.5. The molecule has 0 atom stereocenters. The van der Waals surface area contributed by atoms with Gasteiger partial charge in [-0.15, -0.1) is 6.58 Å². The second-order valence-corrected chi connectivity index (χ2v) is 3.73. The van der Waals surface area contributed by atoms with Gasteiger partial charge in [-0.1, -0.05) is 23.1 Å². The molecule has 1 aromatic rings. The van der Waals surface area contributed by atoms with E-state index in [9.17, 15) is 0 Å². The average Bonchev–Trinajstić information content (AvgIpc) is 2.15. The zero-order valence-electron chi connectivity index (χ0n) is 8.42. The zero-order chi connectivity index (χ0) is 10.7. The van der Waals surface area contributed by atoms with Gasteiger partial charge in [-0.25, -0.2) is 0 Å². The van der Waals surface area contributed by atoms with Crippen LogP contribution in [-0.4, -0.2) is 26.6 Å². The lowest BCUT2D eigenvalue weighted by molar-refractivity contribution is 0.616. The highest BCUT2D eigenvalue weighted by Gasteiger charge is 2.05. The third-order valence-corrected chi connectivity index (χ3v) is 2.33. The van der Waals surface area contributed by atoms with E-state index in [-0.39, 0.29) is 7.48 Å². The minimum absolute atomic E-state index is 0.0440. The molecule has 0 saturated carbocycles. The summed E-state index contributed by atoms with van der Waals surface area (Å²) in [6, 6.07) is 5.63. The van der Waals surface area contributed by atoms with Crippen molar-refractivity contribution < 1.29 is 5.02 Å². The molecule has 0 spiro atoms. The maximum atomic E-state index is 8.90. The summed E-state index contributed by atoms with van der Waals surface area (Å²) in [5.41, 5.74) is 2.52. The standard InChI is InChI=1S/C10H13BClNO/c1-7(11-14)8-4-5-10(13(2)3)9(12)6-8/h4-6,11,14H,1H2,2-3H3. The Balaban J connectivity index is 3.06.